The molecule has 1 amide bonds. The van der Waals surface area contributed by atoms with Gasteiger partial charge in [-0.3, -0.25) is 10.1 Å². The highest BCUT2D eigenvalue weighted by atomic mass is 79.9. The predicted octanol–water partition coefficient (Wildman–Crippen LogP) is 2.88. The van der Waals surface area contributed by atoms with Gasteiger partial charge in [0.25, 0.3) is 0 Å². The number of nitrogens with one attached hydrogen (secondary N) is 1. The fraction of sp³-hybridized carbons (Fsp3) is 0.111. The Bertz CT molecular complexity index is 434. The van der Waals surface area contributed by atoms with Gasteiger partial charge in [-0.05, 0) is 19.1 Å². The molecule has 0 heterocycles. The van der Waals surface area contributed by atoms with Gasteiger partial charge in [0.05, 0.1) is 5.69 Å². The van der Waals surface area contributed by atoms with Crippen molar-refractivity contribution >= 4 is 33.5 Å². The Morgan fingerprint density at radius 1 is 1.47 bits per heavy atom. The molecule has 0 radical (unpaired) electrons. The predicted molar refractivity (Wildman–Crippen MR) is 55.8 cm³/mol. The molecule has 0 aliphatic carbocycles. The Balaban J connectivity index is 3.33. The van der Waals surface area contributed by atoms with Crippen molar-refractivity contribution in [3.63, 3.8) is 0 Å². The van der Waals surface area contributed by atoms with Crippen molar-refractivity contribution in [3.05, 3.63) is 28.0 Å². The zero-order valence-corrected chi connectivity index (χ0v) is 9.26. The second-order valence-corrected chi connectivity index (χ2v) is 3.71. The number of amides is 1. The summed E-state index contributed by atoms with van der Waals surface area (Å²) >= 11 is 3.01. The van der Waals surface area contributed by atoms with Gasteiger partial charge in [0.2, 0.25) is 0 Å². The smallest absolute Gasteiger partial charge is 0.409 e. The zero-order valence-electron chi connectivity index (χ0n) is 7.67. The topological polar surface area (TPSA) is 66.4 Å². The molecule has 0 fully saturated rings. The molecule has 0 aliphatic heterocycles. The van der Waals surface area contributed by atoms with Crippen molar-refractivity contribution in [3.8, 4) is 0 Å². The molecule has 1 rings (SSSR count). The van der Waals surface area contributed by atoms with E-state index in [2.05, 4.69) is 15.9 Å². The zero-order chi connectivity index (χ0) is 11.6. The molecule has 0 saturated carbocycles. The number of benzene rings is 1. The maximum Gasteiger partial charge on any atom is 0.409 e. The second kappa shape index (κ2) is 4.39. The number of anilines is 1. The van der Waals surface area contributed by atoms with Gasteiger partial charge >= 0.3 is 6.09 Å². The van der Waals surface area contributed by atoms with Crippen molar-refractivity contribution in [2.75, 3.05) is 5.32 Å². The molecule has 1 aromatic rings. The molecule has 1 aromatic carbocycles. The first kappa shape index (κ1) is 11.6. The maximum atomic E-state index is 13.3. The first-order valence-corrected chi connectivity index (χ1v) is 4.71. The molecule has 80 valence electrons. The monoisotopic (exact) mass is 275 g/mol. The lowest BCUT2D eigenvalue weighted by molar-refractivity contribution is 0.101. The molecule has 0 aromatic heterocycles. The third kappa shape index (κ3) is 2.76. The fourth-order valence-corrected chi connectivity index (χ4v) is 1.52. The van der Waals surface area contributed by atoms with Crippen molar-refractivity contribution in [1.82, 2.24) is 0 Å². The summed E-state index contributed by atoms with van der Waals surface area (Å²) in [5, 5.41) is 10.3. The number of hydrogen-bond acceptors (Lipinski definition) is 2. The van der Waals surface area contributed by atoms with Crippen LogP contribution in [0.1, 0.15) is 17.3 Å². The summed E-state index contributed by atoms with van der Waals surface area (Å²) < 4.78 is 13.7. The van der Waals surface area contributed by atoms with Crippen LogP contribution < -0.4 is 5.32 Å². The molecular weight excluding hydrogens is 269 g/mol. The van der Waals surface area contributed by atoms with E-state index in [-0.39, 0.29) is 11.3 Å². The summed E-state index contributed by atoms with van der Waals surface area (Å²) in [5.74, 6) is -1.21. The largest absolute Gasteiger partial charge is 0.465 e. The Hall–Kier alpha value is -1.43. The Morgan fingerprint density at radius 2 is 2.07 bits per heavy atom. The van der Waals surface area contributed by atoms with Crippen LogP contribution in [-0.4, -0.2) is 17.0 Å². The molecule has 0 unspecified atom stereocenters. The van der Waals surface area contributed by atoms with E-state index in [0.29, 0.717) is 4.47 Å². The Morgan fingerprint density at radius 3 is 2.53 bits per heavy atom. The molecule has 6 heteroatoms. The van der Waals surface area contributed by atoms with Crippen LogP contribution in [0.3, 0.4) is 0 Å². The quantitative estimate of drug-likeness (QED) is 0.816. The summed E-state index contributed by atoms with van der Waals surface area (Å²) in [5.41, 5.74) is -0.331. The molecule has 0 bridgehead atoms. The standard InChI is InChI=1S/C9H7BrFNO3/c1-4(13)6-2-5(10)3-7(11)8(6)12-9(14)15/h2-3,12H,1H3,(H,14,15). The lowest BCUT2D eigenvalue weighted by Gasteiger charge is -2.08. The van der Waals surface area contributed by atoms with Crippen LogP contribution in [0.25, 0.3) is 0 Å². The van der Waals surface area contributed by atoms with Crippen molar-refractivity contribution in [2.45, 2.75) is 6.92 Å². The number of carbonyl (C=O) groups excluding carboxylic acids is 1. The number of rotatable bonds is 2. The number of carboxylic acid groups (broad SMARTS) is 1. The van der Waals surface area contributed by atoms with E-state index >= 15 is 0 Å². The highest BCUT2D eigenvalue weighted by Crippen LogP contribution is 2.25. The van der Waals surface area contributed by atoms with Crippen molar-refractivity contribution in [1.29, 1.82) is 0 Å². The first-order chi connectivity index (χ1) is 6.91. The van der Waals surface area contributed by atoms with Gasteiger partial charge in [0, 0.05) is 10.0 Å². The van der Waals surface area contributed by atoms with E-state index in [0.717, 1.165) is 6.07 Å². The van der Waals surface area contributed by atoms with Gasteiger partial charge in [0.15, 0.2) is 5.78 Å². The molecule has 2 N–H and O–H groups in total. The summed E-state index contributed by atoms with van der Waals surface area (Å²) in [7, 11) is 0. The first-order valence-electron chi connectivity index (χ1n) is 3.91. The van der Waals surface area contributed by atoms with Crippen molar-refractivity contribution < 1.29 is 19.1 Å². The summed E-state index contributed by atoms with van der Waals surface area (Å²) in [4.78, 5) is 21.5. The Kier molecular flexibility index (Phi) is 3.41. The van der Waals surface area contributed by atoms with Crippen molar-refractivity contribution in [2.24, 2.45) is 0 Å². The Labute approximate surface area is 93.2 Å². The maximum absolute atomic E-state index is 13.3. The molecular formula is C9H7BrFNO3. The molecule has 15 heavy (non-hydrogen) atoms. The number of Topliss-reactive ketones (excluding diaryl/α,β-unsaturated/α-hetero) is 1. The molecule has 0 saturated heterocycles. The van der Waals surface area contributed by atoms with Crippen LogP contribution in [0, 0.1) is 5.82 Å². The van der Waals surface area contributed by atoms with Crippen LogP contribution in [0.4, 0.5) is 14.9 Å². The minimum absolute atomic E-state index is 0.00993. The van der Waals surface area contributed by atoms with E-state index in [9.17, 15) is 14.0 Å². The van der Waals surface area contributed by atoms with Gasteiger partial charge in [-0.1, -0.05) is 15.9 Å². The average molecular weight is 276 g/mol. The van der Waals surface area contributed by atoms with E-state index in [1.807, 2.05) is 5.32 Å². The number of carbonyl (C=O) groups is 2. The third-order valence-corrected chi connectivity index (χ3v) is 2.12. The highest BCUT2D eigenvalue weighted by Gasteiger charge is 2.15. The molecule has 0 spiro atoms. The SMILES string of the molecule is CC(=O)c1cc(Br)cc(F)c1NC(=O)O. The minimum atomic E-state index is -1.42. The van der Waals surface area contributed by atoms with Gasteiger partial charge < -0.3 is 5.11 Å². The molecule has 0 atom stereocenters. The van der Waals surface area contributed by atoms with Crippen LogP contribution in [-0.2, 0) is 0 Å². The fourth-order valence-electron chi connectivity index (χ4n) is 1.09. The van der Waals surface area contributed by atoms with E-state index in [4.69, 9.17) is 5.11 Å². The van der Waals surface area contributed by atoms with Gasteiger partial charge in [-0.25, -0.2) is 9.18 Å². The summed E-state index contributed by atoms with van der Waals surface area (Å²) in [6.07, 6.45) is -1.42. The van der Waals surface area contributed by atoms with E-state index in [1.54, 1.807) is 0 Å². The van der Waals surface area contributed by atoms with Crippen LogP contribution in [0.5, 0.6) is 0 Å². The van der Waals surface area contributed by atoms with E-state index < -0.39 is 17.7 Å². The van der Waals surface area contributed by atoms with Gasteiger partial charge in [0.1, 0.15) is 5.82 Å². The third-order valence-electron chi connectivity index (χ3n) is 1.67. The van der Waals surface area contributed by atoms with Gasteiger partial charge in [-0.15, -0.1) is 0 Å². The number of halogens is 2. The van der Waals surface area contributed by atoms with Crippen LogP contribution in [0.15, 0.2) is 16.6 Å². The summed E-state index contributed by atoms with van der Waals surface area (Å²) in [6.45, 7) is 1.23. The molecule has 0 aliphatic rings. The van der Waals surface area contributed by atoms with Crippen LogP contribution >= 0.6 is 15.9 Å². The van der Waals surface area contributed by atoms with Gasteiger partial charge in [-0.2, -0.15) is 0 Å². The molecule has 4 nitrogen and oxygen atoms in total. The lowest BCUT2D eigenvalue weighted by atomic mass is 10.1. The number of ketones is 1. The van der Waals surface area contributed by atoms with Crippen LogP contribution in [0.2, 0.25) is 0 Å². The highest BCUT2D eigenvalue weighted by molar-refractivity contribution is 9.10. The van der Waals surface area contributed by atoms with E-state index in [1.165, 1.54) is 13.0 Å². The number of hydrogen-bond donors (Lipinski definition) is 2. The lowest BCUT2D eigenvalue weighted by Crippen LogP contribution is -2.12. The normalized spacial score (nSPS) is 9.80. The minimum Gasteiger partial charge on any atom is -0.465 e. The average Bonchev–Trinajstić information content (AvgIpc) is 2.08. The summed E-state index contributed by atoms with van der Waals surface area (Å²) in [6, 6.07) is 2.44. The second-order valence-electron chi connectivity index (χ2n) is 2.80.